The molecule has 0 atom stereocenters. The highest BCUT2D eigenvalue weighted by Gasteiger charge is 2.32. The van der Waals surface area contributed by atoms with Gasteiger partial charge in [0.25, 0.3) is 0 Å². The van der Waals surface area contributed by atoms with Gasteiger partial charge in [0, 0.05) is 0 Å². The lowest BCUT2D eigenvalue weighted by atomic mass is 9.67. The minimum atomic E-state index is 0.366. The molecule has 92 valence electrons. The summed E-state index contributed by atoms with van der Waals surface area (Å²) in [6.07, 6.45) is 14.2. The molecule has 0 aromatic carbocycles. The summed E-state index contributed by atoms with van der Waals surface area (Å²) < 4.78 is 5.75. The van der Waals surface area contributed by atoms with Crippen molar-refractivity contribution in [1.82, 2.24) is 0 Å². The Morgan fingerprint density at radius 1 is 1.12 bits per heavy atom. The van der Waals surface area contributed by atoms with Crippen LogP contribution in [0.2, 0.25) is 0 Å². The van der Waals surface area contributed by atoms with Gasteiger partial charge in [0.2, 0.25) is 0 Å². The molecule has 1 heteroatoms. The molecule has 0 radical (unpaired) electrons. The zero-order valence-electron chi connectivity index (χ0n) is 10.9. The maximum absolute atomic E-state index is 5.75. The summed E-state index contributed by atoms with van der Waals surface area (Å²) in [6.45, 7) is 5.12. The molecule has 1 nitrogen and oxygen atoms in total. The van der Waals surface area contributed by atoms with Crippen LogP contribution >= 0.6 is 0 Å². The molecular weight excluding hydrogens is 196 g/mol. The SMILES string of the molecule is CC(C)OCC1=CC2(CCCCC2)CCC1. The van der Waals surface area contributed by atoms with Crippen LogP contribution in [0, 0.1) is 5.41 Å². The zero-order chi connectivity index (χ0) is 11.4. The molecule has 0 saturated heterocycles. The summed E-state index contributed by atoms with van der Waals surface area (Å²) in [7, 11) is 0. The van der Waals surface area contributed by atoms with Crippen LogP contribution in [0.5, 0.6) is 0 Å². The van der Waals surface area contributed by atoms with Crippen molar-refractivity contribution in [2.45, 2.75) is 71.3 Å². The molecule has 16 heavy (non-hydrogen) atoms. The van der Waals surface area contributed by atoms with Crippen LogP contribution in [-0.4, -0.2) is 12.7 Å². The molecule has 0 amide bonds. The molecular formula is C15H26O. The Balaban J connectivity index is 1.96. The minimum absolute atomic E-state index is 0.366. The summed E-state index contributed by atoms with van der Waals surface area (Å²) in [5, 5.41) is 0. The van der Waals surface area contributed by atoms with Crippen LogP contribution in [0.4, 0.5) is 0 Å². The van der Waals surface area contributed by atoms with Gasteiger partial charge in [-0.05, 0) is 56.9 Å². The smallest absolute Gasteiger partial charge is 0.0680 e. The fourth-order valence-corrected chi connectivity index (χ4v) is 3.28. The molecule has 0 heterocycles. The fourth-order valence-electron chi connectivity index (χ4n) is 3.28. The Morgan fingerprint density at radius 3 is 2.50 bits per heavy atom. The first kappa shape index (κ1) is 12.2. The summed E-state index contributed by atoms with van der Waals surface area (Å²) in [5.74, 6) is 0. The van der Waals surface area contributed by atoms with Crippen LogP contribution in [0.25, 0.3) is 0 Å². The third-order valence-electron chi connectivity index (χ3n) is 4.13. The van der Waals surface area contributed by atoms with Gasteiger partial charge in [0.15, 0.2) is 0 Å². The molecule has 0 aromatic heterocycles. The summed E-state index contributed by atoms with van der Waals surface area (Å²) >= 11 is 0. The number of hydrogen-bond acceptors (Lipinski definition) is 1. The normalized spacial score (nSPS) is 24.8. The molecule has 0 aliphatic heterocycles. The molecule has 1 fully saturated rings. The van der Waals surface area contributed by atoms with E-state index in [0.29, 0.717) is 11.5 Å². The number of hydrogen-bond donors (Lipinski definition) is 0. The van der Waals surface area contributed by atoms with Crippen molar-refractivity contribution < 1.29 is 4.74 Å². The van der Waals surface area contributed by atoms with Crippen molar-refractivity contribution in [3.8, 4) is 0 Å². The Labute approximate surface area is 100 Å². The second-order valence-corrected chi connectivity index (χ2v) is 5.94. The summed E-state index contributed by atoms with van der Waals surface area (Å²) in [5.41, 5.74) is 2.15. The molecule has 1 spiro atoms. The van der Waals surface area contributed by atoms with Crippen molar-refractivity contribution in [2.24, 2.45) is 5.41 Å². The monoisotopic (exact) mass is 222 g/mol. The average Bonchev–Trinajstić information content (AvgIpc) is 2.28. The van der Waals surface area contributed by atoms with E-state index in [1.165, 1.54) is 51.4 Å². The number of allylic oxidation sites excluding steroid dienone is 1. The maximum Gasteiger partial charge on any atom is 0.0680 e. The highest BCUT2D eigenvalue weighted by atomic mass is 16.5. The molecule has 0 N–H and O–H groups in total. The number of rotatable bonds is 3. The fraction of sp³-hybridized carbons (Fsp3) is 0.867. The lowest BCUT2D eigenvalue weighted by Gasteiger charge is -2.38. The predicted molar refractivity (Wildman–Crippen MR) is 68.5 cm³/mol. The molecule has 2 aliphatic carbocycles. The van der Waals surface area contributed by atoms with E-state index in [9.17, 15) is 0 Å². The van der Waals surface area contributed by atoms with Crippen molar-refractivity contribution in [3.63, 3.8) is 0 Å². The van der Waals surface area contributed by atoms with Crippen LogP contribution in [0.1, 0.15) is 65.2 Å². The van der Waals surface area contributed by atoms with Crippen LogP contribution in [0.3, 0.4) is 0 Å². The average molecular weight is 222 g/mol. The van der Waals surface area contributed by atoms with Crippen molar-refractivity contribution in [1.29, 1.82) is 0 Å². The maximum atomic E-state index is 5.75. The van der Waals surface area contributed by atoms with Crippen molar-refractivity contribution in [3.05, 3.63) is 11.6 Å². The minimum Gasteiger partial charge on any atom is -0.374 e. The van der Waals surface area contributed by atoms with E-state index in [1.54, 1.807) is 5.57 Å². The molecule has 2 rings (SSSR count). The third-order valence-corrected chi connectivity index (χ3v) is 4.13. The molecule has 2 aliphatic rings. The van der Waals surface area contributed by atoms with Gasteiger partial charge >= 0.3 is 0 Å². The van der Waals surface area contributed by atoms with Gasteiger partial charge in [-0.2, -0.15) is 0 Å². The van der Waals surface area contributed by atoms with Gasteiger partial charge in [0.1, 0.15) is 0 Å². The van der Waals surface area contributed by atoms with Gasteiger partial charge in [-0.25, -0.2) is 0 Å². The summed E-state index contributed by atoms with van der Waals surface area (Å²) in [6, 6.07) is 0. The molecule has 0 bridgehead atoms. The zero-order valence-corrected chi connectivity index (χ0v) is 10.9. The van der Waals surface area contributed by atoms with E-state index in [2.05, 4.69) is 19.9 Å². The van der Waals surface area contributed by atoms with Crippen LogP contribution in [-0.2, 0) is 4.74 Å². The van der Waals surface area contributed by atoms with E-state index in [1.807, 2.05) is 0 Å². The molecule has 0 unspecified atom stereocenters. The van der Waals surface area contributed by atoms with Gasteiger partial charge in [-0.1, -0.05) is 25.3 Å². The molecule has 1 saturated carbocycles. The first-order valence-corrected chi connectivity index (χ1v) is 7.02. The van der Waals surface area contributed by atoms with E-state index < -0.39 is 0 Å². The van der Waals surface area contributed by atoms with Gasteiger partial charge in [0.05, 0.1) is 12.7 Å². The van der Waals surface area contributed by atoms with Crippen molar-refractivity contribution >= 4 is 0 Å². The quantitative estimate of drug-likeness (QED) is 0.640. The van der Waals surface area contributed by atoms with E-state index in [4.69, 9.17) is 4.74 Å². The Bertz CT molecular complexity index is 246. The lowest BCUT2D eigenvalue weighted by Crippen LogP contribution is -2.25. The Hall–Kier alpha value is -0.300. The Kier molecular flexibility index (Phi) is 4.07. The lowest BCUT2D eigenvalue weighted by molar-refractivity contribution is 0.0917. The van der Waals surface area contributed by atoms with E-state index in [-0.39, 0.29) is 0 Å². The van der Waals surface area contributed by atoms with Crippen LogP contribution < -0.4 is 0 Å². The standard InChI is InChI=1S/C15H26O/c1-13(2)16-12-14-7-6-10-15(11-14)8-4-3-5-9-15/h11,13H,3-10,12H2,1-2H3. The topological polar surface area (TPSA) is 9.23 Å². The van der Waals surface area contributed by atoms with Gasteiger partial charge < -0.3 is 4.74 Å². The highest BCUT2D eigenvalue weighted by Crippen LogP contribution is 2.45. The van der Waals surface area contributed by atoms with Gasteiger partial charge in [-0.15, -0.1) is 0 Å². The first-order valence-electron chi connectivity index (χ1n) is 7.02. The Morgan fingerprint density at radius 2 is 1.81 bits per heavy atom. The van der Waals surface area contributed by atoms with E-state index >= 15 is 0 Å². The van der Waals surface area contributed by atoms with Gasteiger partial charge in [-0.3, -0.25) is 0 Å². The summed E-state index contributed by atoms with van der Waals surface area (Å²) in [4.78, 5) is 0. The largest absolute Gasteiger partial charge is 0.374 e. The molecule has 0 aromatic rings. The second kappa shape index (κ2) is 5.35. The van der Waals surface area contributed by atoms with Crippen LogP contribution in [0.15, 0.2) is 11.6 Å². The highest BCUT2D eigenvalue weighted by molar-refractivity contribution is 5.14. The third kappa shape index (κ3) is 3.10. The number of ether oxygens (including phenoxy) is 1. The second-order valence-electron chi connectivity index (χ2n) is 5.94. The van der Waals surface area contributed by atoms with E-state index in [0.717, 1.165) is 6.61 Å². The predicted octanol–water partition coefficient (Wildman–Crippen LogP) is 4.47. The first-order chi connectivity index (χ1) is 7.70. The van der Waals surface area contributed by atoms with Crippen molar-refractivity contribution in [2.75, 3.05) is 6.61 Å².